The van der Waals surface area contributed by atoms with Crippen LogP contribution in [0.1, 0.15) is 23.2 Å². The van der Waals surface area contributed by atoms with Gasteiger partial charge in [-0.3, -0.25) is 9.48 Å². The first kappa shape index (κ1) is 18.4. The summed E-state index contributed by atoms with van der Waals surface area (Å²) in [5, 5.41) is 8.47. The predicted molar refractivity (Wildman–Crippen MR) is 107 cm³/mol. The molecule has 146 valence electrons. The fourth-order valence-electron chi connectivity index (χ4n) is 3.65. The van der Waals surface area contributed by atoms with E-state index in [-0.39, 0.29) is 5.91 Å². The standard InChI is InChI=1S/C21H26N6O/c28-21(19-5-7-20(8-6-19)27-16-2-10-23-27)25-13-3-11-24(17-18-25)12-4-15-26-14-1-9-22-26/h1-2,5-10,14,16H,3-4,11-13,15,17-18H2. The molecule has 4 rings (SSSR count). The highest BCUT2D eigenvalue weighted by molar-refractivity contribution is 5.94. The van der Waals surface area contributed by atoms with Crippen molar-refractivity contribution in [2.75, 3.05) is 32.7 Å². The van der Waals surface area contributed by atoms with Gasteiger partial charge in [0.15, 0.2) is 0 Å². The Morgan fingerprint density at radius 2 is 1.71 bits per heavy atom. The first-order chi connectivity index (χ1) is 13.8. The van der Waals surface area contributed by atoms with Crippen LogP contribution in [-0.4, -0.2) is 68.0 Å². The maximum atomic E-state index is 12.9. The van der Waals surface area contributed by atoms with E-state index in [9.17, 15) is 4.79 Å². The van der Waals surface area contributed by atoms with Crippen molar-refractivity contribution in [2.24, 2.45) is 0 Å². The summed E-state index contributed by atoms with van der Waals surface area (Å²) in [4.78, 5) is 17.3. The van der Waals surface area contributed by atoms with Crippen LogP contribution < -0.4 is 0 Å². The molecule has 0 saturated carbocycles. The smallest absolute Gasteiger partial charge is 0.253 e. The lowest BCUT2D eigenvalue weighted by atomic mass is 10.1. The third-order valence-electron chi connectivity index (χ3n) is 5.18. The van der Waals surface area contributed by atoms with Crippen molar-refractivity contribution >= 4 is 5.91 Å². The molecule has 3 aromatic rings. The molecule has 0 radical (unpaired) electrons. The second-order valence-electron chi connectivity index (χ2n) is 7.11. The minimum absolute atomic E-state index is 0.116. The van der Waals surface area contributed by atoms with E-state index >= 15 is 0 Å². The molecule has 7 heteroatoms. The first-order valence-corrected chi connectivity index (χ1v) is 9.89. The van der Waals surface area contributed by atoms with Gasteiger partial charge in [0.1, 0.15) is 0 Å². The highest BCUT2D eigenvalue weighted by Crippen LogP contribution is 2.13. The van der Waals surface area contributed by atoms with Gasteiger partial charge in [-0.2, -0.15) is 10.2 Å². The summed E-state index contributed by atoms with van der Waals surface area (Å²) >= 11 is 0. The van der Waals surface area contributed by atoms with E-state index in [2.05, 4.69) is 15.1 Å². The van der Waals surface area contributed by atoms with E-state index in [1.165, 1.54) is 0 Å². The maximum Gasteiger partial charge on any atom is 0.253 e. The van der Waals surface area contributed by atoms with E-state index in [4.69, 9.17) is 0 Å². The van der Waals surface area contributed by atoms with E-state index in [1.54, 1.807) is 10.9 Å². The third kappa shape index (κ3) is 4.48. The number of hydrogen-bond acceptors (Lipinski definition) is 4. The monoisotopic (exact) mass is 378 g/mol. The van der Waals surface area contributed by atoms with Crippen molar-refractivity contribution in [1.29, 1.82) is 0 Å². The molecule has 0 aliphatic carbocycles. The van der Waals surface area contributed by atoms with Crippen molar-refractivity contribution in [3.8, 4) is 5.69 Å². The molecule has 0 N–H and O–H groups in total. The molecule has 28 heavy (non-hydrogen) atoms. The fraction of sp³-hybridized carbons (Fsp3) is 0.381. The number of carbonyl (C=O) groups is 1. The molecule has 0 unspecified atom stereocenters. The summed E-state index contributed by atoms with van der Waals surface area (Å²) < 4.78 is 3.77. The SMILES string of the molecule is O=C(c1ccc(-n2cccn2)cc1)N1CCCN(CCCn2cccn2)CC1. The number of carbonyl (C=O) groups excluding carboxylic acids is 1. The molecule has 0 spiro atoms. The van der Waals surface area contributed by atoms with Crippen LogP contribution in [0.5, 0.6) is 0 Å². The Labute approximate surface area is 165 Å². The fourth-order valence-corrected chi connectivity index (χ4v) is 3.65. The normalized spacial score (nSPS) is 15.5. The van der Waals surface area contributed by atoms with Gasteiger partial charge >= 0.3 is 0 Å². The van der Waals surface area contributed by atoms with Crippen molar-refractivity contribution in [2.45, 2.75) is 19.4 Å². The molecule has 1 aliphatic heterocycles. The summed E-state index contributed by atoms with van der Waals surface area (Å²) in [5.74, 6) is 0.116. The largest absolute Gasteiger partial charge is 0.337 e. The van der Waals surface area contributed by atoms with Gasteiger partial charge in [-0.05, 0) is 62.3 Å². The van der Waals surface area contributed by atoms with Gasteiger partial charge in [-0.1, -0.05) is 0 Å². The van der Waals surface area contributed by atoms with Gasteiger partial charge in [-0.25, -0.2) is 4.68 Å². The van der Waals surface area contributed by atoms with Gasteiger partial charge in [0.2, 0.25) is 0 Å². The molecule has 0 atom stereocenters. The summed E-state index contributed by atoms with van der Waals surface area (Å²) in [6.07, 6.45) is 9.55. The van der Waals surface area contributed by atoms with Crippen LogP contribution >= 0.6 is 0 Å². The summed E-state index contributed by atoms with van der Waals surface area (Å²) in [7, 11) is 0. The highest BCUT2D eigenvalue weighted by atomic mass is 16.2. The van der Waals surface area contributed by atoms with Crippen LogP contribution in [0.4, 0.5) is 0 Å². The number of hydrogen-bond donors (Lipinski definition) is 0. The highest BCUT2D eigenvalue weighted by Gasteiger charge is 2.20. The Kier molecular flexibility index (Phi) is 5.82. The lowest BCUT2D eigenvalue weighted by Crippen LogP contribution is -2.35. The zero-order chi connectivity index (χ0) is 19.2. The number of aryl methyl sites for hydroxylation is 1. The van der Waals surface area contributed by atoms with Gasteiger partial charge in [0.05, 0.1) is 5.69 Å². The minimum Gasteiger partial charge on any atom is -0.337 e. The van der Waals surface area contributed by atoms with Crippen molar-refractivity contribution < 1.29 is 4.79 Å². The van der Waals surface area contributed by atoms with E-state index in [0.717, 1.165) is 63.4 Å². The molecule has 1 saturated heterocycles. The molecular weight excluding hydrogens is 352 g/mol. The topological polar surface area (TPSA) is 59.2 Å². The summed E-state index contributed by atoms with van der Waals surface area (Å²) in [6.45, 7) is 5.55. The Hall–Kier alpha value is -2.93. The van der Waals surface area contributed by atoms with E-state index in [1.807, 2.05) is 64.6 Å². The van der Waals surface area contributed by atoms with Crippen LogP contribution in [0.3, 0.4) is 0 Å². The van der Waals surface area contributed by atoms with Gasteiger partial charge in [0, 0.05) is 56.5 Å². The van der Waals surface area contributed by atoms with E-state index < -0.39 is 0 Å². The molecule has 1 aliphatic rings. The molecule has 3 heterocycles. The van der Waals surface area contributed by atoms with Crippen molar-refractivity contribution in [3.63, 3.8) is 0 Å². The number of amides is 1. The molecule has 0 bridgehead atoms. The Morgan fingerprint density at radius 3 is 2.46 bits per heavy atom. The molecular formula is C21H26N6O. The second-order valence-corrected chi connectivity index (χ2v) is 7.11. The molecule has 7 nitrogen and oxygen atoms in total. The average molecular weight is 378 g/mol. The Morgan fingerprint density at radius 1 is 0.893 bits per heavy atom. The van der Waals surface area contributed by atoms with Crippen LogP contribution in [0.15, 0.2) is 61.2 Å². The number of aromatic nitrogens is 4. The quantitative estimate of drug-likeness (QED) is 0.660. The zero-order valence-corrected chi connectivity index (χ0v) is 16.0. The van der Waals surface area contributed by atoms with Gasteiger partial charge in [-0.15, -0.1) is 0 Å². The number of benzene rings is 1. The van der Waals surface area contributed by atoms with Crippen molar-refractivity contribution in [3.05, 3.63) is 66.7 Å². The number of rotatable bonds is 6. The Balaban J connectivity index is 1.29. The minimum atomic E-state index is 0.116. The van der Waals surface area contributed by atoms with Gasteiger partial charge < -0.3 is 9.80 Å². The lowest BCUT2D eigenvalue weighted by molar-refractivity contribution is 0.0761. The van der Waals surface area contributed by atoms with Gasteiger partial charge in [0.25, 0.3) is 5.91 Å². The predicted octanol–water partition coefficient (Wildman–Crippen LogP) is 2.31. The molecule has 1 aromatic carbocycles. The van der Waals surface area contributed by atoms with Crippen LogP contribution in [0, 0.1) is 0 Å². The maximum absolute atomic E-state index is 12.9. The zero-order valence-electron chi connectivity index (χ0n) is 16.0. The summed E-state index contributed by atoms with van der Waals surface area (Å²) in [5.41, 5.74) is 1.70. The lowest BCUT2D eigenvalue weighted by Gasteiger charge is -2.22. The van der Waals surface area contributed by atoms with Crippen LogP contribution in [0.25, 0.3) is 5.69 Å². The van der Waals surface area contributed by atoms with E-state index in [0.29, 0.717) is 0 Å². The first-order valence-electron chi connectivity index (χ1n) is 9.89. The van der Waals surface area contributed by atoms with Crippen LogP contribution in [-0.2, 0) is 6.54 Å². The number of nitrogens with zero attached hydrogens (tertiary/aromatic N) is 6. The summed E-state index contributed by atoms with van der Waals surface area (Å²) in [6, 6.07) is 11.5. The third-order valence-corrected chi connectivity index (χ3v) is 5.18. The Bertz CT molecular complexity index is 857. The molecule has 2 aromatic heterocycles. The van der Waals surface area contributed by atoms with Crippen molar-refractivity contribution in [1.82, 2.24) is 29.4 Å². The van der Waals surface area contributed by atoms with Crippen LogP contribution in [0.2, 0.25) is 0 Å². The second kappa shape index (κ2) is 8.84. The molecule has 1 amide bonds. The molecule has 1 fully saturated rings. The average Bonchev–Trinajstić information content (AvgIpc) is 3.39.